The van der Waals surface area contributed by atoms with E-state index in [1.165, 1.54) is 22.3 Å². The first-order valence-electron chi connectivity index (χ1n) is 7.92. The van der Waals surface area contributed by atoms with Crippen molar-refractivity contribution in [3.63, 3.8) is 0 Å². The molecule has 1 aromatic rings. The molecule has 3 heteroatoms. The molecule has 0 bridgehead atoms. The van der Waals surface area contributed by atoms with Crippen molar-refractivity contribution in [3.05, 3.63) is 34.9 Å². The average Bonchev–Trinajstić information content (AvgIpc) is 2.88. The number of morpholine rings is 1. The van der Waals surface area contributed by atoms with Crippen LogP contribution in [0.5, 0.6) is 5.75 Å². The molecule has 0 amide bonds. The maximum absolute atomic E-state index is 6.11. The second-order valence-corrected chi connectivity index (χ2v) is 6.26. The van der Waals surface area contributed by atoms with Crippen molar-refractivity contribution in [1.82, 2.24) is 4.90 Å². The largest absolute Gasteiger partial charge is 0.478 e. The number of nitrogens with zero attached hydrogens (tertiary/aromatic N) is 1. The van der Waals surface area contributed by atoms with Crippen LogP contribution >= 0.6 is 0 Å². The van der Waals surface area contributed by atoms with Crippen LogP contribution in [0.2, 0.25) is 0 Å². The molecule has 1 aliphatic heterocycles. The summed E-state index contributed by atoms with van der Waals surface area (Å²) in [6, 6.07) is 4.39. The highest BCUT2D eigenvalue weighted by atomic mass is 16.5. The van der Waals surface area contributed by atoms with Gasteiger partial charge in [-0.2, -0.15) is 0 Å². The summed E-state index contributed by atoms with van der Waals surface area (Å²) < 4.78 is 11.5. The van der Waals surface area contributed by atoms with Crippen molar-refractivity contribution in [1.29, 1.82) is 0 Å². The SMILES string of the molecule is CC1=CCc2c(OCN3CCOCC3)ccc(C(C)C)c21. The molecular formula is C18H25NO2. The quantitative estimate of drug-likeness (QED) is 0.847. The molecule has 1 heterocycles. The Morgan fingerprint density at radius 2 is 2.00 bits per heavy atom. The van der Waals surface area contributed by atoms with Crippen LogP contribution in [0.25, 0.3) is 5.57 Å². The van der Waals surface area contributed by atoms with E-state index in [1.807, 2.05) is 0 Å². The van der Waals surface area contributed by atoms with Gasteiger partial charge in [0.2, 0.25) is 0 Å². The summed E-state index contributed by atoms with van der Waals surface area (Å²) >= 11 is 0. The van der Waals surface area contributed by atoms with Crippen molar-refractivity contribution >= 4 is 5.57 Å². The van der Waals surface area contributed by atoms with E-state index >= 15 is 0 Å². The second-order valence-electron chi connectivity index (χ2n) is 6.26. The van der Waals surface area contributed by atoms with Gasteiger partial charge in [-0.1, -0.05) is 26.0 Å². The molecule has 0 unspecified atom stereocenters. The zero-order valence-electron chi connectivity index (χ0n) is 13.3. The van der Waals surface area contributed by atoms with Crippen LogP contribution in [-0.2, 0) is 11.2 Å². The van der Waals surface area contributed by atoms with Crippen LogP contribution in [0, 0.1) is 0 Å². The van der Waals surface area contributed by atoms with E-state index in [0.29, 0.717) is 12.6 Å². The zero-order valence-corrected chi connectivity index (χ0v) is 13.3. The highest BCUT2D eigenvalue weighted by Crippen LogP contribution is 2.39. The van der Waals surface area contributed by atoms with E-state index < -0.39 is 0 Å². The second kappa shape index (κ2) is 6.20. The van der Waals surface area contributed by atoms with E-state index in [-0.39, 0.29) is 0 Å². The lowest BCUT2D eigenvalue weighted by Gasteiger charge is -2.27. The molecule has 0 radical (unpaired) electrons. The van der Waals surface area contributed by atoms with Gasteiger partial charge in [-0.15, -0.1) is 0 Å². The van der Waals surface area contributed by atoms with Gasteiger partial charge in [0.05, 0.1) is 13.2 Å². The number of ether oxygens (including phenoxy) is 2. The van der Waals surface area contributed by atoms with Gasteiger partial charge in [-0.25, -0.2) is 0 Å². The third-order valence-electron chi connectivity index (χ3n) is 4.44. The van der Waals surface area contributed by atoms with Gasteiger partial charge < -0.3 is 9.47 Å². The molecule has 0 aromatic heterocycles. The van der Waals surface area contributed by atoms with Crippen molar-refractivity contribution in [2.75, 3.05) is 33.0 Å². The fraction of sp³-hybridized carbons (Fsp3) is 0.556. The van der Waals surface area contributed by atoms with E-state index in [0.717, 1.165) is 38.5 Å². The fourth-order valence-electron chi connectivity index (χ4n) is 3.18. The highest BCUT2D eigenvalue weighted by molar-refractivity contribution is 5.76. The maximum atomic E-state index is 6.11. The Morgan fingerprint density at radius 3 is 2.71 bits per heavy atom. The Bertz CT molecular complexity index is 542. The Hall–Kier alpha value is -1.32. The summed E-state index contributed by atoms with van der Waals surface area (Å²) in [4.78, 5) is 2.31. The highest BCUT2D eigenvalue weighted by Gasteiger charge is 2.21. The van der Waals surface area contributed by atoms with Crippen LogP contribution in [0.15, 0.2) is 18.2 Å². The lowest BCUT2D eigenvalue weighted by atomic mass is 9.92. The molecule has 1 fully saturated rings. The number of benzene rings is 1. The molecule has 0 spiro atoms. The maximum Gasteiger partial charge on any atom is 0.142 e. The molecule has 1 saturated heterocycles. The Morgan fingerprint density at radius 1 is 1.24 bits per heavy atom. The molecule has 0 N–H and O–H groups in total. The number of rotatable bonds is 4. The van der Waals surface area contributed by atoms with Gasteiger partial charge in [-0.05, 0) is 42.0 Å². The molecule has 3 nitrogen and oxygen atoms in total. The topological polar surface area (TPSA) is 21.7 Å². The molecule has 2 aliphatic rings. The normalized spacial score (nSPS) is 18.8. The van der Waals surface area contributed by atoms with Gasteiger partial charge in [0.15, 0.2) is 0 Å². The first-order chi connectivity index (χ1) is 10.2. The van der Waals surface area contributed by atoms with Crippen LogP contribution in [0.3, 0.4) is 0 Å². The van der Waals surface area contributed by atoms with E-state index in [2.05, 4.69) is 43.9 Å². The van der Waals surface area contributed by atoms with Crippen molar-refractivity contribution < 1.29 is 9.47 Å². The number of fused-ring (bicyclic) bond motifs is 1. The number of hydrogen-bond donors (Lipinski definition) is 0. The van der Waals surface area contributed by atoms with E-state index in [1.54, 1.807) is 0 Å². The van der Waals surface area contributed by atoms with Crippen LogP contribution in [0.1, 0.15) is 43.4 Å². The minimum absolute atomic E-state index is 0.550. The van der Waals surface area contributed by atoms with Crippen molar-refractivity contribution in [3.8, 4) is 5.75 Å². The summed E-state index contributed by atoms with van der Waals surface area (Å²) in [6.07, 6.45) is 3.32. The smallest absolute Gasteiger partial charge is 0.142 e. The van der Waals surface area contributed by atoms with E-state index in [9.17, 15) is 0 Å². The summed E-state index contributed by atoms with van der Waals surface area (Å²) in [5.74, 6) is 1.60. The summed E-state index contributed by atoms with van der Waals surface area (Å²) in [5.41, 5.74) is 5.62. The summed E-state index contributed by atoms with van der Waals surface area (Å²) in [7, 11) is 0. The molecule has 3 rings (SSSR count). The van der Waals surface area contributed by atoms with Crippen LogP contribution in [0.4, 0.5) is 0 Å². The van der Waals surface area contributed by atoms with Crippen molar-refractivity contribution in [2.45, 2.75) is 33.1 Å². The number of allylic oxidation sites excluding steroid dienone is 2. The molecule has 114 valence electrons. The zero-order chi connectivity index (χ0) is 14.8. The average molecular weight is 287 g/mol. The van der Waals surface area contributed by atoms with Gasteiger partial charge in [0.25, 0.3) is 0 Å². The minimum atomic E-state index is 0.550. The van der Waals surface area contributed by atoms with Gasteiger partial charge >= 0.3 is 0 Å². The first kappa shape index (κ1) is 14.6. The number of hydrogen-bond acceptors (Lipinski definition) is 3. The predicted octanol–water partition coefficient (Wildman–Crippen LogP) is 3.44. The molecule has 21 heavy (non-hydrogen) atoms. The van der Waals surface area contributed by atoms with Crippen LogP contribution in [-0.4, -0.2) is 37.9 Å². The molecule has 0 atom stereocenters. The van der Waals surface area contributed by atoms with Gasteiger partial charge in [0.1, 0.15) is 12.5 Å². The minimum Gasteiger partial charge on any atom is -0.478 e. The Labute approximate surface area is 127 Å². The molecule has 0 saturated carbocycles. The predicted molar refractivity (Wildman–Crippen MR) is 85.8 cm³/mol. The first-order valence-corrected chi connectivity index (χ1v) is 7.92. The monoisotopic (exact) mass is 287 g/mol. The van der Waals surface area contributed by atoms with E-state index in [4.69, 9.17) is 9.47 Å². The third-order valence-corrected chi connectivity index (χ3v) is 4.44. The fourth-order valence-corrected chi connectivity index (χ4v) is 3.18. The van der Waals surface area contributed by atoms with Crippen LogP contribution < -0.4 is 4.74 Å². The Balaban J connectivity index is 1.78. The van der Waals surface area contributed by atoms with Gasteiger partial charge in [-0.3, -0.25) is 4.90 Å². The lowest BCUT2D eigenvalue weighted by molar-refractivity contribution is 0.00389. The summed E-state index contributed by atoms with van der Waals surface area (Å²) in [5, 5.41) is 0. The standard InChI is InChI=1S/C18H25NO2/c1-13(2)15-6-7-17(16-5-4-14(3)18(15)16)21-12-19-8-10-20-11-9-19/h4,6-7,13H,5,8-12H2,1-3H3. The molecule has 1 aromatic carbocycles. The molecular weight excluding hydrogens is 262 g/mol. The lowest BCUT2D eigenvalue weighted by Crippen LogP contribution is -2.38. The molecule has 1 aliphatic carbocycles. The van der Waals surface area contributed by atoms with Gasteiger partial charge in [0, 0.05) is 18.7 Å². The van der Waals surface area contributed by atoms with Crippen molar-refractivity contribution in [2.24, 2.45) is 0 Å². The summed E-state index contributed by atoms with van der Waals surface area (Å²) in [6.45, 7) is 10.9. The Kier molecular flexibility index (Phi) is 4.32. The third kappa shape index (κ3) is 2.99.